The summed E-state index contributed by atoms with van der Waals surface area (Å²) in [7, 11) is 1.64. The van der Waals surface area contributed by atoms with E-state index in [1.807, 2.05) is 29.6 Å². The molecule has 1 aromatic heterocycles. The highest BCUT2D eigenvalue weighted by atomic mass is 32.1. The van der Waals surface area contributed by atoms with Crippen LogP contribution < -0.4 is 9.47 Å². The van der Waals surface area contributed by atoms with Crippen LogP contribution >= 0.6 is 11.3 Å². The molecule has 0 saturated heterocycles. The zero-order chi connectivity index (χ0) is 12.1. The van der Waals surface area contributed by atoms with Crippen molar-refractivity contribution in [1.29, 1.82) is 0 Å². The Labute approximate surface area is 104 Å². The fourth-order valence-electron chi connectivity index (χ4n) is 1.36. The van der Waals surface area contributed by atoms with E-state index in [1.54, 1.807) is 13.2 Å². The van der Waals surface area contributed by atoms with Gasteiger partial charge in [-0.05, 0) is 17.7 Å². The molecule has 0 atom stereocenters. The molecule has 2 aromatic rings. The Hall–Kier alpha value is -1.81. The third-order valence-electron chi connectivity index (χ3n) is 2.28. The maximum absolute atomic E-state index is 10.5. The summed E-state index contributed by atoms with van der Waals surface area (Å²) in [5.41, 5.74) is 1.06. The molecule has 0 N–H and O–H groups in total. The van der Waals surface area contributed by atoms with Crippen LogP contribution in [0.2, 0.25) is 0 Å². The number of benzene rings is 1. The molecule has 0 radical (unpaired) electrons. The predicted molar refractivity (Wildman–Crippen MR) is 67.0 cm³/mol. The molecular weight excluding hydrogens is 236 g/mol. The smallest absolute Gasteiger partial charge is 0.160 e. The van der Waals surface area contributed by atoms with Crippen LogP contribution in [0.3, 0.4) is 0 Å². The van der Waals surface area contributed by atoms with Crippen LogP contribution in [0, 0.1) is 0 Å². The summed E-state index contributed by atoms with van der Waals surface area (Å²) in [6.45, 7) is 0.485. The molecule has 0 aliphatic heterocycles. The first-order valence-corrected chi connectivity index (χ1v) is 5.99. The predicted octanol–water partition coefficient (Wildman–Crippen LogP) is 3.15. The molecule has 88 valence electrons. The van der Waals surface area contributed by atoms with Gasteiger partial charge in [0, 0.05) is 11.4 Å². The van der Waals surface area contributed by atoms with Crippen molar-refractivity contribution >= 4 is 17.6 Å². The summed E-state index contributed by atoms with van der Waals surface area (Å²) in [6.07, 6.45) is 0.824. The molecule has 0 unspecified atom stereocenters. The number of thiophene rings is 1. The molecule has 2 rings (SSSR count). The van der Waals surface area contributed by atoms with E-state index in [0.717, 1.165) is 23.3 Å². The highest BCUT2D eigenvalue weighted by molar-refractivity contribution is 7.11. The lowest BCUT2D eigenvalue weighted by molar-refractivity contribution is 0.112. The average molecular weight is 248 g/mol. The van der Waals surface area contributed by atoms with Gasteiger partial charge in [0.15, 0.2) is 6.29 Å². The normalized spacial score (nSPS) is 9.94. The fraction of sp³-hybridized carbons (Fsp3) is 0.154. The first-order chi connectivity index (χ1) is 8.31. The Morgan fingerprint density at radius 1 is 1.24 bits per heavy atom. The number of carbonyl (C=O) groups excluding carboxylic acids is 1. The van der Waals surface area contributed by atoms with Crippen LogP contribution in [-0.2, 0) is 6.61 Å². The quantitative estimate of drug-likeness (QED) is 0.762. The number of hydrogen-bond donors (Lipinski definition) is 0. The molecule has 0 aliphatic carbocycles. The molecule has 0 spiro atoms. The van der Waals surface area contributed by atoms with E-state index >= 15 is 0 Å². The number of hydrogen-bond acceptors (Lipinski definition) is 4. The summed E-state index contributed by atoms with van der Waals surface area (Å²) in [4.78, 5) is 11.2. The van der Waals surface area contributed by atoms with Crippen molar-refractivity contribution in [2.45, 2.75) is 6.61 Å². The van der Waals surface area contributed by atoms with E-state index in [0.29, 0.717) is 11.5 Å². The van der Waals surface area contributed by atoms with Gasteiger partial charge in [0.25, 0.3) is 0 Å². The molecule has 0 amide bonds. The van der Waals surface area contributed by atoms with E-state index in [4.69, 9.17) is 9.47 Å². The number of aldehydes is 1. The molecule has 0 aliphatic rings. The van der Waals surface area contributed by atoms with Gasteiger partial charge in [0.1, 0.15) is 18.1 Å². The molecule has 1 aromatic carbocycles. The second-order valence-electron chi connectivity index (χ2n) is 3.44. The largest absolute Gasteiger partial charge is 0.497 e. The van der Waals surface area contributed by atoms with Gasteiger partial charge in [-0.15, -0.1) is 11.3 Å². The highest BCUT2D eigenvalue weighted by Crippen LogP contribution is 2.21. The summed E-state index contributed by atoms with van der Waals surface area (Å²) >= 11 is 1.38. The van der Waals surface area contributed by atoms with Crippen LogP contribution in [0.25, 0.3) is 0 Å². The van der Waals surface area contributed by atoms with E-state index in [-0.39, 0.29) is 0 Å². The van der Waals surface area contributed by atoms with Crippen LogP contribution in [0.1, 0.15) is 15.2 Å². The monoisotopic (exact) mass is 248 g/mol. The van der Waals surface area contributed by atoms with E-state index in [1.165, 1.54) is 11.3 Å². The van der Waals surface area contributed by atoms with Crippen molar-refractivity contribution in [2.75, 3.05) is 7.11 Å². The summed E-state index contributed by atoms with van der Waals surface area (Å²) in [6, 6.07) is 9.42. The first kappa shape index (κ1) is 11.7. The third kappa shape index (κ3) is 3.07. The van der Waals surface area contributed by atoms with Crippen molar-refractivity contribution < 1.29 is 14.3 Å². The Kier molecular flexibility index (Phi) is 3.77. The molecule has 3 nitrogen and oxygen atoms in total. The topological polar surface area (TPSA) is 35.5 Å². The van der Waals surface area contributed by atoms with E-state index in [2.05, 4.69) is 0 Å². The van der Waals surface area contributed by atoms with Gasteiger partial charge in [-0.2, -0.15) is 0 Å². The second-order valence-corrected chi connectivity index (χ2v) is 4.38. The Balaban J connectivity index is 1.94. The van der Waals surface area contributed by atoms with Crippen molar-refractivity contribution in [3.05, 3.63) is 46.2 Å². The average Bonchev–Trinajstić information content (AvgIpc) is 2.85. The lowest BCUT2D eigenvalue weighted by Crippen LogP contribution is -1.94. The molecule has 4 heteroatoms. The number of methoxy groups -OCH3 is 1. The number of rotatable bonds is 5. The molecular formula is C13H12O3S. The van der Waals surface area contributed by atoms with Gasteiger partial charge in [-0.1, -0.05) is 12.1 Å². The molecule has 1 heterocycles. The lowest BCUT2D eigenvalue weighted by Gasteiger charge is -2.04. The Morgan fingerprint density at radius 2 is 2.00 bits per heavy atom. The summed E-state index contributed by atoms with van der Waals surface area (Å²) in [5, 5.41) is 1.83. The van der Waals surface area contributed by atoms with E-state index < -0.39 is 0 Å². The summed E-state index contributed by atoms with van der Waals surface area (Å²) < 4.78 is 10.6. The highest BCUT2D eigenvalue weighted by Gasteiger charge is 2.00. The fourth-order valence-corrected chi connectivity index (χ4v) is 1.99. The van der Waals surface area contributed by atoms with Gasteiger partial charge < -0.3 is 9.47 Å². The van der Waals surface area contributed by atoms with Crippen LogP contribution in [0.4, 0.5) is 0 Å². The summed E-state index contributed by atoms with van der Waals surface area (Å²) in [5.74, 6) is 1.56. The van der Waals surface area contributed by atoms with Crippen LogP contribution in [0.5, 0.6) is 11.5 Å². The minimum Gasteiger partial charge on any atom is -0.497 e. The molecule has 0 fully saturated rings. The molecule has 0 bridgehead atoms. The van der Waals surface area contributed by atoms with Gasteiger partial charge >= 0.3 is 0 Å². The molecule has 17 heavy (non-hydrogen) atoms. The Bertz CT molecular complexity index is 488. The number of ether oxygens (including phenoxy) is 2. The molecule has 0 saturated carbocycles. The minimum absolute atomic E-state index is 0.485. The standard InChI is InChI=1S/C13H12O3S/c1-15-11-4-2-10(3-5-11)8-16-12-6-13(7-14)17-9-12/h2-7,9H,8H2,1H3. The van der Waals surface area contributed by atoms with E-state index in [9.17, 15) is 4.79 Å². The lowest BCUT2D eigenvalue weighted by atomic mass is 10.2. The zero-order valence-corrected chi connectivity index (χ0v) is 10.2. The third-order valence-corrected chi connectivity index (χ3v) is 3.11. The maximum atomic E-state index is 10.5. The van der Waals surface area contributed by atoms with Crippen molar-refractivity contribution in [3.8, 4) is 11.5 Å². The zero-order valence-electron chi connectivity index (χ0n) is 9.38. The maximum Gasteiger partial charge on any atom is 0.160 e. The van der Waals surface area contributed by atoms with Gasteiger partial charge in [0.2, 0.25) is 0 Å². The first-order valence-electron chi connectivity index (χ1n) is 5.11. The number of carbonyl (C=O) groups is 1. The van der Waals surface area contributed by atoms with Crippen molar-refractivity contribution in [2.24, 2.45) is 0 Å². The van der Waals surface area contributed by atoms with Crippen molar-refractivity contribution in [1.82, 2.24) is 0 Å². The van der Waals surface area contributed by atoms with Gasteiger partial charge in [-0.3, -0.25) is 4.79 Å². The Morgan fingerprint density at radius 3 is 2.59 bits per heavy atom. The van der Waals surface area contributed by atoms with Crippen molar-refractivity contribution in [3.63, 3.8) is 0 Å². The van der Waals surface area contributed by atoms with Crippen LogP contribution in [-0.4, -0.2) is 13.4 Å². The van der Waals surface area contributed by atoms with Crippen LogP contribution in [0.15, 0.2) is 35.7 Å². The minimum atomic E-state index is 0.485. The van der Waals surface area contributed by atoms with Gasteiger partial charge in [0.05, 0.1) is 12.0 Å². The SMILES string of the molecule is COc1ccc(COc2csc(C=O)c2)cc1. The van der Waals surface area contributed by atoms with Gasteiger partial charge in [-0.25, -0.2) is 0 Å². The second kappa shape index (κ2) is 5.50.